The summed E-state index contributed by atoms with van der Waals surface area (Å²) in [7, 11) is 0. The highest BCUT2D eigenvalue weighted by atomic mass is 15.2. The Morgan fingerprint density at radius 1 is 0.941 bits per heavy atom. The third-order valence-corrected chi connectivity index (χ3v) is 3.98. The number of hydrogen-bond donors (Lipinski definition) is 0. The van der Waals surface area contributed by atoms with Crippen molar-refractivity contribution in [2.45, 2.75) is 73.9 Å². The molecule has 0 aromatic rings. The fourth-order valence-electron chi connectivity index (χ4n) is 1.90. The summed E-state index contributed by atoms with van der Waals surface area (Å²) < 4.78 is 0. The van der Waals surface area contributed by atoms with Gasteiger partial charge in [-0.3, -0.25) is 4.90 Å². The van der Waals surface area contributed by atoms with Gasteiger partial charge in [-0.25, -0.2) is 0 Å². The van der Waals surface area contributed by atoms with Gasteiger partial charge in [0.15, 0.2) is 0 Å². The third-order valence-electron chi connectivity index (χ3n) is 3.98. The highest BCUT2D eigenvalue weighted by molar-refractivity contribution is 4.89. The molecule has 2 unspecified atom stereocenters. The van der Waals surface area contributed by atoms with Gasteiger partial charge >= 0.3 is 0 Å². The minimum Gasteiger partial charge on any atom is -0.296 e. The van der Waals surface area contributed by atoms with Gasteiger partial charge in [0.25, 0.3) is 0 Å². The van der Waals surface area contributed by atoms with E-state index < -0.39 is 0 Å². The Hall–Kier alpha value is -0.550. The summed E-state index contributed by atoms with van der Waals surface area (Å²) >= 11 is 0. The molecule has 2 heteroatoms. The van der Waals surface area contributed by atoms with Crippen LogP contribution in [0.4, 0.5) is 0 Å². The lowest BCUT2D eigenvalue weighted by Gasteiger charge is -2.45. The summed E-state index contributed by atoms with van der Waals surface area (Å²) in [5, 5.41) is 8.81. The van der Waals surface area contributed by atoms with Crippen LogP contribution in [0.2, 0.25) is 0 Å². The van der Waals surface area contributed by atoms with Crippen molar-refractivity contribution in [3.8, 4) is 6.07 Å². The molecule has 17 heavy (non-hydrogen) atoms. The largest absolute Gasteiger partial charge is 0.296 e. The fourth-order valence-corrected chi connectivity index (χ4v) is 1.90. The molecule has 0 aliphatic rings. The molecule has 0 saturated carbocycles. The highest BCUT2D eigenvalue weighted by Gasteiger charge is 2.33. The predicted molar refractivity (Wildman–Crippen MR) is 74.8 cm³/mol. The number of nitrogens with zero attached hydrogens (tertiary/aromatic N) is 2. The Bertz CT molecular complexity index is 242. The van der Waals surface area contributed by atoms with Gasteiger partial charge in [-0.05, 0) is 24.7 Å². The van der Waals surface area contributed by atoms with Crippen LogP contribution in [0.15, 0.2) is 0 Å². The van der Waals surface area contributed by atoms with Gasteiger partial charge in [-0.1, -0.05) is 41.5 Å². The van der Waals surface area contributed by atoms with E-state index in [4.69, 9.17) is 5.26 Å². The van der Waals surface area contributed by atoms with Gasteiger partial charge < -0.3 is 0 Å². The lowest BCUT2D eigenvalue weighted by molar-refractivity contribution is 0.0298. The predicted octanol–water partition coefficient (Wildman–Crippen LogP) is 4.07. The maximum Gasteiger partial charge on any atom is 0.0635 e. The molecule has 0 bridgehead atoms. The van der Waals surface area contributed by atoms with Gasteiger partial charge in [0, 0.05) is 25.0 Å². The zero-order chi connectivity index (χ0) is 13.9. The Morgan fingerprint density at radius 3 is 1.53 bits per heavy atom. The normalized spacial score (nSPS) is 16.7. The van der Waals surface area contributed by atoms with E-state index in [1.807, 2.05) is 0 Å². The molecule has 2 nitrogen and oxygen atoms in total. The van der Waals surface area contributed by atoms with Crippen molar-refractivity contribution in [2.75, 3.05) is 6.54 Å². The first-order valence-electron chi connectivity index (χ1n) is 6.64. The molecule has 0 rings (SSSR count). The average molecular weight is 238 g/mol. The molecule has 0 N–H and O–H groups in total. The first kappa shape index (κ1) is 16.4. The van der Waals surface area contributed by atoms with Gasteiger partial charge in [0.1, 0.15) is 0 Å². The molecule has 100 valence electrons. The number of hydrogen-bond acceptors (Lipinski definition) is 2. The quantitative estimate of drug-likeness (QED) is 0.738. The summed E-state index contributed by atoms with van der Waals surface area (Å²) in [6, 6.07) is 3.22. The summed E-state index contributed by atoms with van der Waals surface area (Å²) in [5.41, 5.74) is 0.490. The molecule has 0 fully saturated rings. The smallest absolute Gasteiger partial charge is 0.0635 e. The maximum atomic E-state index is 8.81. The molecule has 0 radical (unpaired) electrons. The summed E-state index contributed by atoms with van der Waals surface area (Å²) in [6.07, 6.45) is 0.612. The Labute approximate surface area is 108 Å². The van der Waals surface area contributed by atoms with E-state index in [0.717, 1.165) is 6.54 Å². The molecular weight excluding hydrogens is 208 g/mol. The molecule has 0 saturated heterocycles. The van der Waals surface area contributed by atoms with Crippen molar-refractivity contribution in [3.05, 3.63) is 0 Å². The van der Waals surface area contributed by atoms with Crippen LogP contribution in [0.3, 0.4) is 0 Å². The van der Waals surface area contributed by atoms with Crippen molar-refractivity contribution in [1.82, 2.24) is 4.90 Å². The lowest BCUT2D eigenvalue weighted by Crippen LogP contribution is -2.51. The fraction of sp³-hybridized carbons (Fsp3) is 0.933. The van der Waals surface area contributed by atoms with Gasteiger partial charge in [-0.15, -0.1) is 0 Å². The van der Waals surface area contributed by atoms with Gasteiger partial charge in [0.05, 0.1) is 6.07 Å². The standard InChI is InChI=1S/C15H30N2/c1-12(14(3,4)5)17(11-9-10-16)13(2)15(6,7)8/h12-13H,9,11H2,1-8H3. The van der Waals surface area contributed by atoms with E-state index in [1.165, 1.54) is 0 Å². The van der Waals surface area contributed by atoms with E-state index in [0.29, 0.717) is 18.5 Å². The molecule has 0 spiro atoms. The zero-order valence-electron chi connectivity index (χ0n) is 13.0. The molecule has 0 aromatic carbocycles. The Kier molecular flexibility index (Phi) is 5.68. The summed E-state index contributed by atoms with van der Waals surface area (Å²) in [6.45, 7) is 19.0. The molecule has 0 aliphatic carbocycles. The second-order valence-electron chi connectivity index (χ2n) is 7.23. The van der Waals surface area contributed by atoms with Crippen LogP contribution in [0.25, 0.3) is 0 Å². The van der Waals surface area contributed by atoms with Crippen LogP contribution >= 0.6 is 0 Å². The van der Waals surface area contributed by atoms with Gasteiger partial charge in [-0.2, -0.15) is 5.26 Å². The van der Waals surface area contributed by atoms with E-state index in [2.05, 4.69) is 66.4 Å². The van der Waals surface area contributed by atoms with Crippen LogP contribution in [0.5, 0.6) is 0 Å². The first-order valence-corrected chi connectivity index (χ1v) is 6.64. The second-order valence-corrected chi connectivity index (χ2v) is 7.23. The van der Waals surface area contributed by atoms with Crippen molar-refractivity contribution in [3.63, 3.8) is 0 Å². The lowest BCUT2D eigenvalue weighted by atomic mass is 9.81. The monoisotopic (exact) mass is 238 g/mol. The van der Waals surface area contributed by atoms with Crippen molar-refractivity contribution in [2.24, 2.45) is 10.8 Å². The summed E-state index contributed by atoms with van der Waals surface area (Å²) in [4.78, 5) is 2.49. The van der Waals surface area contributed by atoms with E-state index in [-0.39, 0.29) is 10.8 Å². The van der Waals surface area contributed by atoms with Crippen LogP contribution < -0.4 is 0 Å². The zero-order valence-corrected chi connectivity index (χ0v) is 13.0. The molecule has 2 atom stereocenters. The first-order chi connectivity index (χ1) is 7.51. The van der Waals surface area contributed by atoms with E-state index >= 15 is 0 Å². The molecule has 0 heterocycles. The highest BCUT2D eigenvalue weighted by Crippen LogP contribution is 2.31. The molecule has 0 aromatic heterocycles. The molecule has 0 aliphatic heterocycles. The molecule has 0 amide bonds. The Balaban J connectivity index is 4.95. The van der Waals surface area contributed by atoms with Crippen LogP contribution in [0, 0.1) is 22.2 Å². The summed E-state index contributed by atoms with van der Waals surface area (Å²) in [5.74, 6) is 0. The molecular formula is C15H30N2. The topological polar surface area (TPSA) is 27.0 Å². The van der Waals surface area contributed by atoms with Gasteiger partial charge in [0.2, 0.25) is 0 Å². The second kappa shape index (κ2) is 5.87. The average Bonchev–Trinajstić information content (AvgIpc) is 2.14. The SMILES string of the molecule is CC(N(CCC#N)C(C)C(C)(C)C)C(C)(C)C. The maximum absolute atomic E-state index is 8.81. The number of rotatable bonds is 4. The minimum absolute atomic E-state index is 0.245. The van der Waals surface area contributed by atoms with Crippen molar-refractivity contribution in [1.29, 1.82) is 5.26 Å². The third kappa shape index (κ3) is 5.08. The van der Waals surface area contributed by atoms with Crippen molar-refractivity contribution >= 4 is 0 Å². The van der Waals surface area contributed by atoms with Crippen LogP contribution in [-0.4, -0.2) is 23.5 Å². The minimum atomic E-state index is 0.245. The van der Waals surface area contributed by atoms with Crippen LogP contribution in [-0.2, 0) is 0 Å². The van der Waals surface area contributed by atoms with E-state index in [1.54, 1.807) is 0 Å². The van der Waals surface area contributed by atoms with Crippen molar-refractivity contribution < 1.29 is 0 Å². The van der Waals surface area contributed by atoms with Crippen LogP contribution in [0.1, 0.15) is 61.8 Å². The Morgan fingerprint density at radius 2 is 1.29 bits per heavy atom. The van der Waals surface area contributed by atoms with E-state index in [9.17, 15) is 0 Å². The number of nitriles is 1.